The van der Waals surface area contributed by atoms with Gasteiger partial charge in [-0.25, -0.2) is 4.99 Å². The van der Waals surface area contributed by atoms with Crippen LogP contribution in [-0.2, 0) is 13.0 Å². The van der Waals surface area contributed by atoms with Crippen molar-refractivity contribution in [2.45, 2.75) is 26.8 Å². The number of amides is 1. The molecule has 6 heteroatoms. The van der Waals surface area contributed by atoms with Crippen LogP contribution in [0.5, 0.6) is 5.75 Å². The standard InChI is InChI=1S/C21H28N4O2/c1-3-16-7-5-6-8-18(16)15-25-21(22-4-2)24-14-13-23-20(27)17-9-11-19(26)12-10-17/h5-12,26H,3-4,13-15H2,1-2H3,(H,23,27)(H2,22,24,25). The van der Waals surface area contributed by atoms with Crippen LogP contribution in [0.2, 0.25) is 0 Å². The van der Waals surface area contributed by atoms with E-state index in [0.29, 0.717) is 25.2 Å². The zero-order valence-electron chi connectivity index (χ0n) is 16.0. The molecule has 0 aliphatic carbocycles. The van der Waals surface area contributed by atoms with Gasteiger partial charge in [-0.2, -0.15) is 0 Å². The number of nitrogens with one attached hydrogen (secondary N) is 3. The SMILES string of the molecule is CCNC(=NCc1ccccc1CC)NCCNC(=O)c1ccc(O)cc1. The Balaban J connectivity index is 1.83. The van der Waals surface area contributed by atoms with Crippen LogP contribution in [0.25, 0.3) is 0 Å². The molecule has 2 aromatic rings. The largest absolute Gasteiger partial charge is 0.508 e. The van der Waals surface area contributed by atoms with Gasteiger partial charge in [0.25, 0.3) is 5.91 Å². The van der Waals surface area contributed by atoms with Crippen molar-refractivity contribution in [1.82, 2.24) is 16.0 Å². The van der Waals surface area contributed by atoms with E-state index in [0.717, 1.165) is 18.9 Å². The summed E-state index contributed by atoms with van der Waals surface area (Å²) in [6.45, 7) is 6.56. The lowest BCUT2D eigenvalue weighted by Crippen LogP contribution is -2.41. The van der Waals surface area contributed by atoms with Crippen molar-refractivity contribution in [3.63, 3.8) is 0 Å². The molecule has 0 radical (unpaired) electrons. The number of rotatable bonds is 8. The van der Waals surface area contributed by atoms with Crippen LogP contribution < -0.4 is 16.0 Å². The van der Waals surface area contributed by atoms with Crippen LogP contribution in [0.1, 0.15) is 35.3 Å². The molecule has 0 saturated heterocycles. The smallest absolute Gasteiger partial charge is 0.251 e. The molecule has 0 bridgehead atoms. The summed E-state index contributed by atoms with van der Waals surface area (Å²) in [6, 6.07) is 14.5. The second-order valence-electron chi connectivity index (χ2n) is 6.05. The molecule has 2 aromatic carbocycles. The van der Waals surface area contributed by atoms with E-state index in [1.165, 1.54) is 23.3 Å². The highest BCUT2D eigenvalue weighted by molar-refractivity contribution is 5.94. The molecule has 6 nitrogen and oxygen atoms in total. The van der Waals surface area contributed by atoms with Crippen molar-refractivity contribution in [1.29, 1.82) is 0 Å². The van der Waals surface area contributed by atoms with Crippen molar-refractivity contribution in [2.24, 2.45) is 4.99 Å². The number of carbonyl (C=O) groups is 1. The fraction of sp³-hybridized carbons (Fsp3) is 0.333. The first-order valence-corrected chi connectivity index (χ1v) is 9.30. The average Bonchev–Trinajstić information content (AvgIpc) is 2.69. The van der Waals surface area contributed by atoms with E-state index >= 15 is 0 Å². The molecular weight excluding hydrogens is 340 g/mol. The number of phenols is 1. The molecule has 0 heterocycles. The van der Waals surface area contributed by atoms with Gasteiger partial charge in [0.05, 0.1) is 6.54 Å². The summed E-state index contributed by atoms with van der Waals surface area (Å²) in [7, 11) is 0. The van der Waals surface area contributed by atoms with Crippen LogP contribution in [0.3, 0.4) is 0 Å². The maximum absolute atomic E-state index is 12.0. The molecule has 2 rings (SSSR count). The highest BCUT2D eigenvalue weighted by Gasteiger charge is 2.05. The molecule has 0 aliphatic rings. The normalized spacial score (nSPS) is 11.1. The van der Waals surface area contributed by atoms with Gasteiger partial charge in [-0.05, 0) is 48.7 Å². The molecule has 4 N–H and O–H groups in total. The van der Waals surface area contributed by atoms with Crippen molar-refractivity contribution in [3.8, 4) is 5.75 Å². The molecule has 0 aliphatic heterocycles. The summed E-state index contributed by atoms with van der Waals surface area (Å²) >= 11 is 0. The van der Waals surface area contributed by atoms with Crippen molar-refractivity contribution in [3.05, 3.63) is 65.2 Å². The van der Waals surface area contributed by atoms with Gasteiger partial charge in [0.2, 0.25) is 0 Å². The third kappa shape index (κ3) is 6.66. The molecule has 0 unspecified atom stereocenters. The van der Waals surface area contributed by atoms with E-state index in [1.54, 1.807) is 12.1 Å². The molecule has 0 saturated carbocycles. The number of aliphatic imine (C=N–C) groups is 1. The molecule has 27 heavy (non-hydrogen) atoms. The van der Waals surface area contributed by atoms with E-state index in [1.807, 2.05) is 19.1 Å². The number of guanidine groups is 1. The second-order valence-corrected chi connectivity index (χ2v) is 6.05. The Labute approximate surface area is 160 Å². The van der Waals surface area contributed by atoms with Crippen LogP contribution in [-0.4, -0.2) is 36.6 Å². The summed E-state index contributed by atoms with van der Waals surface area (Å²) in [5, 5.41) is 18.6. The number of hydrogen-bond donors (Lipinski definition) is 4. The first kappa shape index (κ1) is 20.3. The number of aryl methyl sites for hydroxylation is 1. The number of carbonyl (C=O) groups excluding carboxylic acids is 1. The van der Waals surface area contributed by atoms with Crippen LogP contribution in [0, 0.1) is 0 Å². The fourth-order valence-electron chi connectivity index (χ4n) is 2.63. The summed E-state index contributed by atoms with van der Waals surface area (Å²) in [6.07, 6.45) is 0.985. The number of benzene rings is 2. The highest BCUT2D eigenvalue weighted by Crippen LogP contribution is 2.10. The first-order chi connectivity index (χ1) is 13.1. The number of phenolic OH excluding ortho intramolecular Hbond substituents is 1. The number of aromatic hydroxyl groups is 1. The maximum atomic E-state index is 12.0. The second kappa shape index (κ2) is 10.9. The minimum atomic E-state index is -0.171. The van der Waals surface area contributed by atoms with Gasteiger partial charge in [0.1, 0.15) is 5.75 Å². The van der Waals surface area contributed by atoms with Crippen molar-refractivity contribution >= 4 is 11.9 Å². The lowest BCUT2D eigenvalue weighted by atomic mass is 10.1. The fourth-order valence-corrected chi connectivity index (χ4v) is 2.63. The van der Waals surface area contributed by atoms with Gasteiger partial charge in [0, 0.05) is 25.2 Å². The molecule has 0 atom stereocenters. The van der Waals surface area contributed by atoms with E-state index < -0.39 is 0 Å². The number of nitrogens with zero attached hydrogens (tertiary/aromatic N) is 1. The van der Waals surface area contributed by atoms with Crippen molar-refractivity contribution < 1.29 is 9.90 Å². The predicted octanol–water partition coefficient (Wildman–Crippen LogP) is 2.44. The van der Waals surface area contributed by atoms with E-state index in [-0.39, 0.29) is 11.7 Å². The summed E-state index contributed by atoms with van der Waals surface area (Å²) in [5.41, 5.74) is 3.04. The topological polar surface area (TPSA) is 85.8 Å². The Morgan fingerprint density at radius 1 is 0.926 bits per heavy atom. The monoisotopic (exact) mass is 368 g/mol. The van der Waals surface area contributed by atoms with Crippen LogP contribution >= 0.6 is 0 Å². The minimum Gasteiger partial charge on any atom is -0.508 e. The van der Waals surface area contributed by atoms with Crippen LogP contribution in [0.4, 0.5) is 0 Å². The predicted molar refractivity (Wildman–Crippen MR) is 109 cm³/mol. The third-order valence-electron chi connectivity index (χ3n) is 4.08. The highest BCUT2D eigenvalue weighted by atomic mass is 16.3. The van der Waals surface area contributed by atoms with Gasteiger partial charge in [-0.15, -0.1) is 0 Å². The Morgan fingerprint density at radius 2 is 1.59 bits per heavy atom. The maximum Gasteiger partial charge on any atom is 0.251 e. The first-order valence-electron chi connectivity index (χ1n) is 9.30. The molecule has 144 valence electrons. The van der Waals surface area contributed by atoms with E-state index in [9.17, 15) is 9.90 Å². The average molecular weight is 368 g/mol. The van der Waals surface area contributed by atoms with E-state index in [2.05, 4.69) is 40.0 Å². The Kier molecular flexibility index (Phi) is 8.16. The molecular formula is C21H28N4O2. The summed E-state index contributed by atoms with van der Waals surface area (Å²) < 4.78 is 0. The zero-order valence-corrected chi connectivity index (χ0v) is 16.0. The molecule has 0 spiro atoms. The lowest BCUT2D eigenvalue weighted by Gasteiger charge is -2.12. The zero-order chi connectivity index (χ0) is 19.5. The third-order valence-corrected chi connectivity index (χ3v) is 4.08. The van der Waals surface area contributed by atoms with E-state index in [4.69, 9.17) is 0 Å². The Bertz CT molecular complexity index is 757. The summed E-state index contributed by atoms with van der Waals surface area (Å²) in [5.74, 6) is 0.697. The molecule has 0 fully saturated rings. The van der Waals surface area contributed by atoms with Gasteiger partial charge < -0.3 is 21.1 Å². The summed E-state index contributed by atoms with van der Waals surface area (Å²) in [4.78, 5) is 16.7. The molecule has 1 amide bonds. The minimum absolute atomic E-state index is 0.143. The molecule has 0 aromatic heterocycles. The van der Waals surface area contributed by atoms with Gasteiger partial charge in [0.15, 0.2) is 5.96 Å². The van der Waals surface area contributed by atoms with Crippen LogP contribution in [0.15, 0.2) is 53.5 Å². The van der Waals surface area contributed by atoms with Gasteiger partial charge in [-0.1, -0.05) is 31.2 Å². The van der Waals surface area contributed by atoms with Gasteiger partial charge in [-0.3, -0.25) is 4.79 Å². The number of hydrogen-bond acceptors (Lipinski definition) is 3. The van der Waals surface area contributed by atoms with Gasteiger partial charge >= 0.3 is 0 Å². The van der Waals surface area contributed by atoms with Crippen molar-refractivity contribution in [2.75, 3.05) is 19.6 Å². The lowest BCUT2D eigenvalue weighted by molar-refractivity contribution is 0.0954. The quantitative estimate of drug-likeness (QED) is 0.328. The Morgan fingerprint density at radius 3 is 2.26 bits per heavy atom. The Hall–Kier alpha value is -3.02.